The van der Waals surface area contributed by atoms with Gasteiger partial charge in [0.15, 0.2) is 0 Å². The number of hydrogen-bond acceptors (Lipinski definition) is 7. The number of hydrazine groups is 1. The Morgan fingerprint density at radius 3 is 2.69 bits per heavy atom. The molecule has 4 rings (SSSR count). The molecule has 2 aromatic rings. The molecule has 1 spiro atoms. The molecule has 2 N–H and O–H groups in total. The normalized spacial score (nSPS) is 18.1. The summed E-state index contributed by atoms with van der Waals surface area (Å²) in [5.74, 6) is -0.880. The van der Waals surface area contributed by atoms with Crippen LogP contribution in [0.5, 0.6) is 0 Å². The van der Waals surface area contributed by atoms with Crippen LogP contribution in [0.4, 0.5) is 4.79 Å². The molecular formula is C18H21N7O3S. The summed E-state index contributed by atoms with van der Waals surface area (Å²) < 4.78 is 1.60. The molecule has 1 saturated carbocycles. The summed E-state index contributed by atoms with van der Waals surface area (Å²) in [4.78, 5) is 37.3. The van der Waals surface area contributed by atoms with Crippen molar-refractivity contribution in [1.82, 2.24) is 36.0 Å². The zero-order valence-corrected chi connectivity index (χ0v) is 16.5. The lowest BCUT2D eigenvalue weighted by atomic mass is 9.82. The quantitative estimate of drug-likeness (QED) is 0.535. The van der Waals surface area contributed by atoms with Crippen LogP contribution in [0.3, 0.4) is 0 Å². The Morgan fingerprint density at radius 2 is 1.93 bits per heavy atom. The van der Waals surface area contributed by atoms with E-state index < -0.39 is 17.5 Å². The van der Waals surface area contributed by atoms with Gasteiger partial charge in [0.25, 0.3) is 5.91 Å². The van der Waals surface area contributed by atoms with Crippen LogP contribution in [0, 0.1) is 0 Å². The lowest BCUT2D eigenvalue weighted by Crippen LogP contribution is -2.51. The third-order valence-corrected chi connectivity index (χ3v) is 6.07. The van der Waals surface area contributed by atoms with E-state index in [9.17, 15) is 14.4 Å². The molecule has 2 heterocycles. The summed E-state index contributed by atoms with van der Waals surface area (Å²) in [5, 5.41) is 15.6. The van der Waals surface area contributed by atoms with Gasteiger partial charge in [-0.15, -0.1) is 5.10 Å². The molecule has 1 aromatic heterocycles. The number of benzene rings is 1. The minimum atomic E-state index is -0.866. The van der Waals surface area contributed by atoms with Gasteiger partial charge in [-0.1, -0.05) is 61.4 Å². The van der Waals surface area contributed by atoms with Crippen LogP contribution in [0.15, 0.2) is 35.5 Å². The molecule has 11 heteroatoms. The molecule has 4 amide bonds. The van der Waals surface area contributed by atoms with Crippen LogP contribution in [0.1, 0.15) is 37.7 Å². The average Bonchev–Trinajstić information content (AvgIpc) is 3.26. The molecule has 1 aliphatic heterocycles. The highest BCUT2D eigenvalue weighted by Crippen LogP contribution is 2.33. The molecule has 0 atom stereocenters. The first-order valence-electron chi connectivity index (χ1n) is 9.46. The van der Waals surface area contributed by atoms with Gasteiger partial charge in [0, 0.05) is 0 Å². The topological polar surface area (TPSA) is 122 Å². The lowest BCUT2D eigenvalue weighted by Gasteiger charge is -2.30. The van der Waals surface area contributed by atoms with E-state index in [0.29, 0.717) is 24.5 Å². The minimum Gasteiger partial charge on any atom is -0.322 e. The highest BCUT2D eigenvalue weighted by atomic mass is 32.2. The molecule has 1 saturated heterocycles. The van der Waals surface area contributed by atoms with Crippen LogP contribution in [-0.4, -0.2) is 54.4 Å². The maximum absolute atomic E-state index is 12.7. The van der Waals surface area contributed by atoms with E-state index in [0.717, 1.165) is 41.6 Å². The maximum Gasteiger partial charge on any atom is 0.344 e. The van der Waals surface area contributed by atoms with Gasteiger partial charge in [-0.2, -0.15) is 5.01 Å². The van der Waals surface area contributed by atoms with Crippen LogP contribution in [0.25, 0.3) is 0 Å². The zero-order chi connectivity index (χ0) is 20.3. The van der Waals surface area contributed by atoms with E-state index >= 15 is 0 Å². The maximum atomic E-state index is 12.7. The third kappa shape index (κ3) is 4.09. The van der Waals surface area contributed by atoms with Gasteiger partial charge in [-0.25, -0.2) is 9.48 Å². The molecule has 10 nitrogen and oxygen atoms in total. The third-order valence-electron chi connectivity index (χ3n) is 5.11. The molecule has 2 fully saturated rings. The second-order valence-electron chi connectivity index (χ2n) is 7.14. The van der Waals surface area contributed by atoms with E-state index in [1.165, 1.54) is 0 Å². The number of thioether (sulfide) groups is 1. The lowest BCUT2D eigenvalue weighted by molar-refractivity contribution is -0.139. The van der Waals surface area contributed by atoms with Crippen molar-refractivity contribution >= 4 is 29.6 Å². The zero-order valence-electron chi connectivity index (χ0n) is 15.7. The summed E-state index contributed by atoms with van der Waals surface area (Å²) in [7, 11) is 0. The Hall–Kier alpha value is -2.95. The van der Waals surface area contributed by atoms with Crippen molar-refractivity contribution in [3.05, 3.63) is 35.9 Å². The fourth-order valence-corrected chi connectivity index (χ4v) is 4.33. The Bertz CT molecular complexity index is 911. The summed E-state index contributed by atoms with van der Waals surface area (Å²) in [6.45, 7) is 0.479. The number of tetrazole rings is 1. The van der Waals surface area contributed by atoms with Crippen LogP contribution >= 0.6 is 11.8 Å². The van der Waals surface area contributed by atoms with Gasteiger partial charge in [0.2, 0.25) is 11.1 Å². The number of nitrogens with zero attached hydrogens (tertiary/aromatic N) is 5. The second kappa shape index (κ2) is 8.19. The van der Waals surface area contributed by atoms with Crippen molar-refractivity contribution in [1.29, 1.82) is 0 Å². The molecule has 2 aliphatic rings. The number of carbonyl (C=O) groups is 3. The predicted molar refractivity (Wildman–Crippen MR) is 103 cm³/mol. The average molecular weight is 415 g/mol. The number of amides is 4. The Balaban J connectivity index is 1.34. The molecule has 29 heavy (non-hydrogen) atoms. The first-order valence-corrected chi connectivity index (χ1v) is 10.4. The van der Waals surface area contributed by atoms with Crippen LogP contribution in [0.2, 0.25) is 0 Å². The Morgan fingerprint density at radius 1 is 1.17 bits per heavy atom. The van der Waals surface area contributed by atoms with E-state index in [-0.39, 0.29) is 11.7 Å². The second-order valence-corrected chi connectivity index (χ2v) is 8.08. The number of imide groups is 1. The van der Waals surface area contributed by atoms with Gasteiger partial charge in [0.05, 0.1) is 12.3 Å². The summed E-state index contributed by atoms with van der Waals surface area (Å²) >= 11 is 1.14. The molecule has 152 valence electrons. The molecule has 0 bridgehead atoms. The largest absolute Gasteiger partial charge is 0.344 e. The predicted octanol–water partition coefficient (Wildman–Crippen LogP) is 1.10. The fourth-order valence-electron chi connectivity index (χ4n) is 3.66. The van der Waals surface area contributed by atoms with Crippen molar-refractivity contribution in [2.75, 3.05) is 5.75 Å². The molecule has 0 unspecified atom stereocenters. The van der Waals surface area contributed by atoms with Gasteiger partial charge < -0.3 is 5.32 Å². The van der Waals surface area contributed by atoms with Gasteiger partial charge in [-0.05, 0) is 28.8 Å². The highest BCUT2D eigenvalue weighted by Gasteiger charge is 2.52. The number of nitrogens with one attached hydrogen (secondary N) is 2. The van der Waals surface area contributed by atoms with Gasteiger partial charge in [0.1, 0.15) is 5.54 Å². The minimum absolute atomic E-state index is 0.0285. The van der Waals surface area contributed by atoms with Crippen molar-refractivity contribution in [2.24, 2.45) is 0 Å². The SMILES string of the molecule is O=C(CSc1nnnn1Cc1ccccc1)NN1C(=O)NC2(CCCCC2)C1=O. The van der Waals surface area contributed by atoms with Crippen molar-refractivity contribution in [3.63, 3.8) is 0 Å². The first-order chi connectivity index (χ1) is 14.1. The first kappa shape index (κ1) is 19.4. The molecule has 0 radical (unpaired) electrons. The Kier molecular flexibility index (Phi) is 5.47. The van der Waals surface area contributed by atoms with Crippen molar-refractivity contribution < 1.29 is 14.4 Å². The number of aromatic nitrogens is 4. The van der Waals surface area contributed by atoms with Crippen molar-refractivity contribution in [2.45, 2.75) is 49.3 Å². The van der Waals surface area contributed by atoms with Gasteiger partial charge in [-0.3, -0.25) is 15.0 Å². The monoisotopic (exact) mass is 415 g/mol. The van der Waals surface area contributed by atoms with Crippen LogP contribution < -0.4 is 10.7 Å². The van der Waals surface area contributed by atoms with E-state index in [1.54, 1.807) is 4.68 Å². The summed E-state index contributed by atoms with van der Waals surface area (Å²) in [6.07, 6.45) is 4.02. The highest BCUT2D eigenvalue weighted by molar-refractivity contribution is 7.99. The molecule has 1 aliphatic carbocycles. The smallest absolute Gasteiger partial charge is 0.322 e. The fraction of sp³-hybridized carbons (Fsp3) is 0.444. The number of urea groups is 1. The number of carbonyl (C=O) groups excluding carboxylic acids is 3. The molecule has 1 aromatic carbocycles. The summed E-state index contributed by atoms with van der Waals surface area (Å²) in [6, 6.07) is 9.12. The van der Waals surface area contributed by atoms with Gasteiger partial charge >= 0.3 is 6.03 Å². The number of rotatable bonds is 6. The van der Waals surface area contributed by atoms with E-state index in [2.05, 4.69) is 26.3 Å². The Labute approximate surface area is 171 Å². The van der Waals surface area contributed by atoms with E-state index in [1.807, 2.05) is 30.3 Å². The van der Waals surface area contributed by atoms with E-state index in [4.69, 9.17) is 0 Å². The molecular weight excluding hydrogens is 394 g/mol. The standard InChI is InChI=1S/C18H21N7O3S/c26-14(21-25-15(27)18(19-16(25)28)9-5-2-6-10-18)12-29-17-20-22-23-24(17)11-13-7-3-1-4-8-13/h1,3-4,7-8H,2,5-6,9-12H2,(H,19,28)(H,21,26). The summed E-state index contributed by atoms with van der Waals surface area (Å²) in [5.41, 5.74) is 2.58. The number of hydrogen-bond donors (Lipinski definition) is 2. The van der Waals surface area contributed by atoms with Crippen LogP contribution in [-0.2, 0) is 16.1 Å². The van der Waals surface area contributed by atoms with Crippen molar-refractivity contribution in [3.8, 4) is 0 Å².